The third-order valence-corrected chi connectivity index (χ3v) is 3.87. The number of esters is 1. The van der Waals surface area contributed by atoms with Gasteiger partial charge >= 0.3 is 5.97 Å². The van der Waals surface area contributed by atoms with Gasteiger partial charge in [0.15, 0.2) is 0 Å². The standard InChI is InChI=1S/C18H12ClN3O5/c19-15-4-2-1-3-14(15)17(23)21-11-5-7-13(8-6-11)27-18(24)16-9-12(10-20-16)22(25)26/h1-10,20H,(H,21,23). The van der Waals surface area contributed by atoms with E-state index in [2.05, 4.69) is 10.3 Å². The highest BCUT2D eigenvalue weighted by Gasteiger charge is 2.16. The molecule has 1 amide bonds. The maximum absolute atomic E-state index is 12.2. The number of halogens is 1. The molecule has 0 atom stereocenters. The Morgan fingerprint density at radius 2 is 1.81 bits per heavy atom. The summed E-state index contributed by atoms with van der Waals surface area (Å²) in [4.78, 5) is 36.7. The van der Waals surface area contributed by atoms with Crippen LogP contribution in [0.3, 0.4) is 0 Å². The van der Waals surface area contributed by atoms with E-state index >= 15 is 0 Å². The summed E-state index contributed by atoms with van der Waals surface area (Å²) in [6.07, 6.45) is 1.10. The van der Waals surface area contributed by atoms with Gasteiger partial charge in [-0.3, -0.25) is 14.9 Å². The fourth-order valence-corrected chi connectivity index (χ4v) is 2.44. The first-order valence-corrected chi connectivity index (χ1v) is 8.03. The summed E-state index contributed by atoms with van der Waals surface area (Å²) < 4.78 is 5.13. The third kappa shape index (κ3) is 4.31. The number of H-pyrrole nitrogens is 1. The van der Waals surface area contributed by atoms with Crippen LogP contribution in [0.15, 0.2) is 60.8 Å². The molecule has 0 saturated heterocycles. The van der Waals surface area contributed by atoms with E-state index in [9.17, 15) is 19.7 Å². The number of amides is 1. The van der Waals surface area contributed by atoms with Crippen molar-refractivity contribution >= 4 is 34.9 Å². The number of benzene rings is 2. The molecule has 0 bridgehead atoms. The number of hydrogen-bond acceptors (Lipinski definition) is 5. The topological polar surface area (TPSA) is 114 Å². The zero-order valence-corrected chi connectivity index (χ0v) is 14.4. The highest BCUT2D eigenvalue weighted by molar-refractivity contribution is 6.34. The molecule has 1 heterocycles. The lowest BCUT2D eigenvalue weighted by atomic mass is 10.2. The Kier molecular flexibility index (Phi) is 5.18. The summed E-state index contributed by atoms with van der Waals surface area (Å²) in [7, 11) is 0. The number of aromatic nitrogens is 1. The number of nitrogens with zero attached hydrogens (tertiary/aromatic N) is 1. The molecule has 0 aliphatic rings. The van der Waals surface area contributed by atoms with Crippen molar-refractivity contribution in [3.8, 4) is 5.75 Å². The number of aromatic amines is 1. The van der Waals surface area contributed by atoms with Gasteiger partial charge in [-0.2, -0.15) is 0 Å². The number of ether oxygens (including phenoxy) is 1. The summed E-state index contributed by atoms with van der Waals surface area (Å²) in [5, 5.41) is 13.7. The lowest BCUT2D eigenvalue weighted by molar-refractivity contribution is -0.384. The summed E-state index contributed by atoms with van der Waals surface area (Å²) in [6, 6.07) is 13.8. The van der Waals surface area contributed by atoms with E-state index in [-0.39, 0.29) is 23.0 Å². The van der Waals surface area contributed by atoms with Gasteiger partial charge in [0.2, 0.25) is 0 Å². The zero-order chi connectivity index (χ0) is 19.4. The largest absolute Gasteiger partial charge is 0.422 e. The number of hydrogen-bond donors (Lipinski definition) is 2. The molecule has 0 unspecified atom stereocenters. The van der Waals surface area contributed by atoms with Crippen molar-refractivity contribution < 1.29 is 19.2 Å². The maximum atomic E-state index is 12.2. The van der Waals surface area contributed by atoms with E-state index in [1.165, 1.54) is 12.1 Å². The highest BCUT2D eigenvalue weighted by Crippen LogP contribution is 2.21. The van der Waals surface area contributed by atoms with Gasteiger partial charge in [-0.15, -0.1) is 0 Å². The van der Waals surface area contributed by atoms with Gasteiger partial charge in [0.25, 0.3) is 11.6 Å². The van der Waals surface area contributed by atoms with E-state index in [0.717, 1.165) is 12.3 Å². The first-order valence-electron chi connectivity index (χ1n) is 7.65. The number of nitrogens with one attached hydrogen (secondary N) is 2. The normalized spacial score (nSPS) is 10.3. The molecule has 1 aromatic heterocycles. The van der Waals surface area contributed by atoms with Crippen molar-refractivity contribution in [3.05, 3.63) is 87.2 Å². The van der Waals surface area contributed by atoms with Crippen molar-refractivity contribution in [2.75, 3.05) is 5.32 Å². The molecule has 0 spiro atoms. The Morgan fingerprint density at radius 1 is 1.11 bits per heavy atom. The monoisotopic (exact) mass is 385 g/mol. The molecule has 0 radical (unpaired) electrons. The molecule has 2 aromatic carbocycles. The quantitative estimate of drug-likeness (QED) is 0.297. The van der Waals surface area contributed by atoms with Crippen LogP contribution in [0.1, 0.15) is 20.8 Å². The number of carbonyl (C=O) groups is 2. The fourth-order valence-electron chi connectivity index (χ4n) is 2.22. The smallest absolute Gasteiger partial charge is 0.360 e. The SMILES string of the molecule is O=C(Oc1ccc(NC(=O)c2ccccc2Cl)cc1)c1cc([N+](=O)[O-])c[nH]1. The lowest BCUT2D eigenvalue weighted by Crippen LogP contribution is -2.12. The number of carbonyl (C=O) groups excluding carboxylic acids is 2. The van der Waals surface area contributed by atoms with Gasteiger partial charge in [0, 0.05) is 11.8 Å². The molecule has 3 rings (SSSR count). The molecule has 8 nitrogen and oxygen atoms in total. The lowest BCUT2D eigenvalue weighted by Gasteiger charge is -2.08. The van der Waals surface area contributed by atoms with Gasteiger partial charge in [0.05, 0.1) is 21.7 Å². The molecule has 2 N–H and O–H groups in total. The zero-order valence-electron chi connectivity index (χ0n) is 13.6. The second-order valence-electron chi connectivity index (χ2n) is 5.38. The molecule has 9 heteroatoms. The average Bonchev–Trinajstić information content (AvgIpc) is 3.14. The fraction of sp³-hybridized carbons (Fsp3) is 0. The molecular formula is C18H12ClN3O5. The Morgan fingerprint density at radius 3 is 2.44 bits per heavy atom. The highest BCUT2D eigenvalue weighted by atomic mass is 35.5. The Balaban J connectivity index is 1.64. The van der Waals surface area contributed by atoms with Crippen LogP contribution in [0.2, 0.25) is 5.02 Å². The van der Waals surface area contributed by atoms with Crippen LogP contribution in [0.25, 0.3) is 0 Å². The van der Waals surface area contributed by atoms with Crippen molar-refractivity contribution in [2.45, 2.75) is 0 Å². The van der Waals surface area contributed by atoms with Crippen LogP contribution >= 0.6 is 11.6 Å². The van der Waals surface area contributed by atoms with Gasteiger partial charge in [-0.05, 0) is 36.4 Å². The van der Waals surface area contributed by atoms with Gasteiger partial charge in [-0.1, -0.05) is 23.7 Å². The molecule has 0 aliphatic carbocycles. The van der Waals surface area contributed by atoms with Gasteiger partial charge in [-0.25, -0.2) is 4.79 Å². The van der Waals surface area contributed by atoms with Crippen molar-refractivity contribution in [1.29, 1.82) is 0 Å². The minimum absolute atomic E-state index is 0.0437. The predicted octanol–water partition coefficient (Wildman–Crippen LogP) is 4.05. The van der Waals surface area contributed by atoms with Gasteiger partial charge in [0.1, 0.15) is 11.4 Å². The van der Waals surface area contributed by atoms with Crippen molar-refractivity contribution in [3.63, 3.8) is 0 Å². The minimum Gasteiger partial charge on any atom is -0.422 e. The van der Waals surface area contributed by atoms with Crippen LogP contribution in [-0.2, 0) is 0 Å². The molecule has 0 aliphatic heterocycles. The van der Waals surface area contributed by atoms with Crippen LogP contribution in [0.5, 0.6) is 5.75 Å². The van der Waals surface area contributed by atoms with E-state index in [1.807, 2.05) is 0 Å². The van der Waals surface area contributed by atoms with E-state index < -0.39 is 10.9 Å². The second kappa shape index (κ2) is 7.71. The molecule has 27 heavy (non-hydrogen) atoms. The number of rotatable bonds is 5. The van der Waals surface area contributed by atoms with Crippen LogP contribution in [0.4, 0.5) is 11.4 Å². The van der Waals surface area contributed by atoms with Crippen LogP contribution in [0, 0.1) is 10.1 Å². The van der Waals surface area contributed by atoms with Crippen LogP contribution in [-0.4, -0.2) is 21.8 Å². The Labute approximate surface area is 157 Å². The molecule has 0 fully saturated rings. The van der Waals surface area contributed by atoms with Gasteiger partial charge < -0.3 is 15.0 Å². The number of anilines is 1. The van der Waals surface area contributed by atoms with Crippen molar-refractivity contribution in [2.24, 2.45) is 0 Å². The number of nitro groups is 1. The molecule has 136 valence electrons. The predicted molar refractivity (Wildman–Crippen MR) is 98.3 cm³/mol. The first kappa shape index (κ1) is 18.2. The summed E-state index contributed by atoms with van der Waals surface area (Å²) in [5.41, 5.74) is 0.538. The summed E-state index contributed by atoms with van der Waals surface area (Å²) in [6.45, 7) is 0. The van der Waals surface area contributed by atoms with E-state index in [4.69, 9.17) is 16.3 Å². The summed E-state index contributed by atoms with van der Waals surface area (Å²) in [5.74, 6) is -0.923. The summed E-state index contributed by atoms with van der Waals surface area (Å²) >= 11 is 5.98. The third-order valence-electron chi connectivity index (χ3n) is 3.54. The van der Waals surface area contributed by atoms with Crippen LogP contribution < -0.4 is 10.1 Å². The maximum Gasteiger partial charge on any atom is 0.360 e. The van der Waals surface area contributed by atoms with E-state index in [1.54, 1.807) is 36.4 Å². The first-order chi connectivity index (χ1) is 12.9. The second-order valence-corrected chi connectivity index (χ2v) is 5.78. The molecule has 0 saturated carbocycles. The Hall–Kier alpha value is -3.65. The minimum atomic E-state index is -0.768. The molecule has 3 aromatic rings. The average molecular weight is 386 g/mol. The van der Waals surface area contributed by atoms with Crippen molar-refractivity contribution in [1.82, 2.24) is 4.98 Å². The van der Waals surface area contributed by atoms with E-state index in [0.29, 0.717) is 16.3 Å². The Bertz CT molecular complexity index is 1010. The molecular weight excluding hydrogens is 374 g/mol.